The van der Waals surface area contributed by atoms with Gasteiger partial charge >= 0.3 is 5.97 Å². The molecule has 0 aliphatic carbocycles. The Labute approximate surface area is 245 Å². The number of carbonyl (C=O) groups excluding carboxylic acids is 6. The molecule has 4 aliphatic heterocycles. The van der Waals surface area contributed by atoms with E-state index in [1.807, 2.05) is 0 Å². The molecule has 0 radical (unpaired) electrons. The van der Waals surface area contributed by atoms with Crippen LogP contribution in [-0.4, -0.2) is 106 Å². The molecule has 1 aromatic carbocycles. The van der Waals surface area contributed by atoms with Gasteiger partial charge in [0, 0.05) is 25.2 Å². The van der Waals surface area contributed by atoms with Gasteiger partial charge in [0.1, 0.15) is 36.3 Å². The molecule has 12 heteroatoms. The van der Waals surface area contributed by atoms with Crippen LogP contribution in [0.1, 0.15) is 69.2 Å². The van der Waals surface area contributed by atoms with Crippen molar-refractivity contribution in [1.29, 1.82) is 0 Å². The van der Waals surface area contributed by atoms with Crippen molar-refractivity contribution in [1.82, 2.24) is 25.3 Å². The van der Waals surface area contributed by atoms with Crippen LogP contribution >= 0.6 is 0 Å². The maximum Gasteiger partial charge on any atom is 0.329 e. The Hall–Kier alpha value is -3.96. The standard InChI is InChI=1S/C30H39N5O7/c1-18-27(38)33-16-8-13-21(33)28(39)34-17-9-14-22(34)29(40)35-15-7-6-12-23(35)30(41)42-19(2)24(26(37)31-18)32-25(36)20-10-4-3-5-11-20/h3-5,10-11,18-19,21-24H,6-9,12-17H2,1-2H3,(H,31,37)(H,32,36). The Balaban J connectivity index is 1.48. The van der Waals surface area contributed by atoms with Crippen molar-refractivity contribution in [2.75, 3.05) is 19.6 Å². The second kappa shape index (κ2) is 12.5. The van der Waals surface area contributed by atoms with Gasteiger partial charge in [0.15, 0.2) is 0 Å². The summed E-state index contributed by atoms with van der Waals surface area (Å²) in [5, 5.41) is 5.34. The number of carbonyl (C=O) groups is 6. The molecule has 226 valence electrons. The van der Waals surface area contributed by atoms with E-state index in [0.717, 1.165) is 6.42 Å². The number of rotatable bonds is 2. The minimum atomic E-state index is -1.32. The van der Waals surface area contributed by atoms with Gasteiger partial charge in [-0.3, -0.25) is 24.0 Å². The smallest absolute Gasteiger partial charge is 0.329 e. The third kappa shape index (κ3) is 5.84. The second-order valence-electron chi connectivity index (χ2n) is 11.6. The van der Waals surface area contributed by atoms with Crippen LogP contribution in [0.4, 0.5) is 0 Å². The quantitative estimate of drug-likeness (QED) is 0.487. The summed E-state index contributed by atoms with van der Waals surface area (Å²) < 4.78 is 5.77. The zero-order valence-corrected chi connectivity index (χ0v) is 24.1. The second-order valence-corrected chi connectivity index (χ2v) is 11.6. The molecule has 5 amide bonds. The molecule has 0 bridgehead atoms. The molecule has 12 nitrogen and oxygen atoms in total. The van der Waals surface area contributed by atoms with Gasteiger partial charge < -0.3 is 30.1 Å². The van der Waals surface area contributed by atoms with Crippen molar-refractivity contribution >= 4 is 35.5 Å². The SMILES string of the molecule is CC1NC(=O)C(NC(=O)c2ccccc2)C(C)OC(=O)C2CCCCN2C(=O)C2CCCN2C(=O)C2CCCN2C1=O. The van der Waals surface area contributed by atoms with Crippen LogP contribution in [0, 0.1) is 0 Å². The molecule has 0 spiro atoms. The molecule has 42 heavy (non-hydrogen) atoms. The van der Waals surface area contributed by atoms with E-state index >= 15 is 0 Å². The van der Waals surface area contributed by atoms with E-state index in [-0.39, 0.29) is 11.8 Å². The highest BCUT2D eigenvalue weighted by Crippen LogP contribution is 2.29. The molecule has 4 saturated heterocycles. The number of esters is 1. The van der Waals surface area contributed by atoms with Crippen LogP contribution in [-0.2, 0) is 28.7 Å². The van der Waals surface area contributed by atoms with Gasteiger partial charge in [0.2, 0.25) is 23.6 Å². The Kier molecular flexibility index (Phi) is 8.79. The first-order valence-electron chi connectivity index (χ1n) is 15.0. The maximum absolute atomic E-state index is 13.9. The van der Waals surface area contributed by atoms with Gasteiger partial charge in [-0.05, 0) is 70.9 Å². The van der Waals surface area contributed by atoms with Gasteiger partial charge in [-0.25, -0.2) is 4.79 Å². The fourth-order valence-electron chi connectivity index (χ4n) is 6.55. The number of hydrogen-bond acceptors (Lipinski definition) is 7. The predicted octanol–water partition coefficient (Wildman–Crippen LogP) is 0.598. The number of nitrogens with one attached hydrogen (secondary N) is 2. The van der Waals surface area contributed by atoms with Crippen molar-refractivity contribution in [2.24, 2.45) is 0 Å². The number of amides is 5. The van der Waals surface area contributed by atoms with Crippen LogP contribution in [0.2, 0.25) is 0 Å². The highest BCUT2D eigenvalue weighted by Gasteiger charge is 2.46. The molecule has 0 saturated carbocycles. The number of ether oxygens (including phenoxy) is 1. The summed E-state index contributed by atoms with van der Waals surface area (Å²) in [6.45, 7) is 4.15. The number of piperidine rings is 1. The van der Waals surface area contributed by atoms with Crippen LogP contribution in [0.25, 0.3) is 0 Å². The number of hydrogen-bond donors (Lipinski definition) is 2. The first-order chi connectivity index (χ1) is 20.2. The number of fused-ring (bicyclic) bond motifs is 3. The van der Waals surface area contributed by atoms with Crippen molar-refractivity contribution in [3.8, 4) is 0 Å². The van der Waals surface area contributed by atoms with Gasteiger partial charge in [0.05, 0.1) is 0 Å². The van der Waals surface area contributed by atoms with E-state index < -0.39 is 60.0 Å². The van der Waals surface area contributed by atoms with E-state index in [0.29, 0.717) is 63.7 Å². The summed E-state index contributed by atoms with van der Waals surface area (Å²) >= 11 is 0. The third-order valence-electron chi connectivity index (χ3n) is 8.81. The largest absolute Gasteiger partial charge is 0.458 e. The first kappa shape index (κ1) is 29.5. The zero-order chi connectivity index (χ0) is 30.0. The molecule has 5 rings (SSSR count). The minimum Gasteiger partial charge on any atom is -0.458 e. The molecule has 4 heterocycles. The summed E-state index contributed by atoms with van der Waals surface area (Å²) in [4.78, 5) is 85.9. The normalized spacial score (nSPS) is 31.2. The highest BCUT2D eigenvalue weighted by atomic mass is 16.5. The topological polar surface area (TPSA) is 145 Å². The average Bonchev–Trinajstić information content (AvgIpc) is 3.69. The Morgan fingerprint density at radius 3 is 1.95 bits per heavy atom. The van der Waals surface area contributed by atoms with Crippen molar-refractivity contribution in [2.45, 2.75) is 95.1 Å². The lowest BCUT2D eigenvalue weighted by atomic mass is 10.00. The zero-order valence-electron chi connectivity index (χ0n) is 24.1. The summed E-state index contributed by atoms with van der Waals surface area (Å²) in [5.41, 5.74) is 0.309. The summed E-state index contributed by atoms with van der Waals surface area (Å²) in [5.74, 6) is -2.92. The third-order valence-corrected chi connectivity index (χ3v) is 8.81. The molecular weight excluding hydrogens is 542 g/mol. The number of nitrogens with zero attached hydrogens (tertiary/aromatic N) is 3. The van der Waals surface area contributed by atoms with E-state index in [1.165, 1.54) is 23.6 Å². The van der Waals surface area contributed by atoms with Gasteiger partial charge in [0.25, 0.3) is 5.91 Å². The average molecular weight is 582 g/mol. The summed E-state index contributed by atoms with van der Waals surface area (Å²) in [6, 6.07) is 3.68. The molecule has 4 aliphatic rings. The Bertz CT molecular complexity index is 1240. The molecule has 1 aromatic rings. The van der Waals surface area contributed by atoms with Gasteiger partial charge in [-0.2, -0.15) is 0 Å². The lowest BCUT2D eigenvalue weighted by Gasteiger charge is -2.39. The van der Waals surface area contributed by atoms with Gasteiger partial charge in [-0.1, -0.05) is 18.2 Å². The Morgan fingerprint density at radius 1 is 0.762 bits per heavy atom. The predicted molar refractivity (Wildman–Crippen MR) is 150 cm³/mol. The van der Waals surface area contributed by atoms with E-state index in [4.69, 9.17) is 4.74 Å². The summed E-state index contributed by atoms with van der Waals surface area (Å²) in [6.07, 6.45) is 2.95. The van der Waals surface area contributed by atoms with Crippen LogP contribution in [0.3, 0.4) is 0 Å². The maximum atomic E-state index is 13.9. The minimum absolute atomic E-state index is 0.278. The first-order valence-corrected chi connectivity index (χ1v) is 15.0. The van der Waals surface area contributed by atoms with Crippen molar-refractivity contribution in [3.05, 3.63) is 35.9 Å². The van der Waals surface area contributed by atoms with E-state index in [9.17, 15) is 28.8 Å². The lowest BCUT2D eigenvalue weighted by molar-refractivity contribution is -0.165. The van der Waals surface area contributed by atoms with Crippen LogP contribution < -0.4 is 10.6 Å². The van der Waals surface area contributed by atoms with Crippen LogP contribution in [0.15, 0.2) is 30.3 Å². The van der Waals surface area contributed by atoms with E-state index in [1.54, 1.807) is 35.2 Å². The fraction of sp³-hybridized carbons (Fsp3) is 0.600. The van der Waals surface area contributed by atoms with Crippen LogP contribution in [0.5, 0.6) is 0 Å². The molecular formula is C30H39N5O7. The van der Waals surface area contributed by atoms with Crippen molar-refractivity contribution < 1.29 is 33.5 Å². The summed E-state index contributed by atoms with van der Waals surface area (Å²) in [7, 11) is 0. The fourth-order valence-corrected chi connectivity index (χ4v) is 6.55. The van der Waals surface area contributed by atoms with E-state index in [2.05, 4.69) is 10.6 Å². The molecule has 6 unspecified atom stereocenters. The Morgan fingerprint density at radius 2 is 1.31 bits per heavy atom. The molecule has 2 N–H and O–H groups in total. The van der Waals surface area contributed by atoms with Crippen molar-refractivity contribution in [3.63, 3.8) is 0 Å². The molecule has 0 aromatic heterocycles. The monoisotopic (exact) mass is 581 g/mol. The molecule has 6 atom stereocenters. The lowest BCUT2D eigenvalue weighted by Crippen LogP contribution is -2.61. The highest BCUT2D eigenvalue weighted by molar-refractivity contribution is 5.99. The molecule has 4 fully saturated rings. The van der Waals surface area contributed by atoms with Gasteiger partial charge in [-0.15, -0.1) is 0 Å². The number of cyclic esters (lactones) is 1. The number of benzene rings is 1.